The number of nitrogens with one attached hydrogen (secondary N) is 1. The van der Waals surface area contributed by atoms with Gasteiger partial charge in [-0.05, 0) is 66.1 Å². The Morgan fingerprint density at radius 2 is 1.70 bits per heavy atom. The number of amides is 1. The molecular weight excluding hydrogens is 570 g/mol. The Labute approximate surface area is 264 Å². The summed E-state index contributed by atoms with van der Waals surface area (Å²) in [7, 11) is 0. The zero-order valence-corrected chi connectivity index (χ0v) is 25.8. The van der Waals surface area contributed by atoms with E-state index < -0.39 is 0 Å². The molecule has 4 aromatic carbocycles. The molecule has 1 fully saturated rings. The summed E-state index contributed by atoms with van der Waals surface area (Å²) in [5, 5.41) is 5.00. The van der Waals surface area contributed by atoms with Crippen molar-refractivity contribution in [1.29, 1.82) is 0 Å². The predicted octanol–water partition coefficient (Wildman–Crippen LogP) is 7.41. The largest absolute Gasteiger partial charge is 0.457 e. The number of benzene rings is 4. The molecule has 0 unspecified atom stereocenters. The van der Waals surface area contributed by atoms with Crippen LogP contribution in [0.25, 0.3) is 10.9 Å². The summed E-state index contributed by atoms with van der Waals surface area (Å²) in [5.41, 5.74) is 5.78. The van der Waals surface area contributed by atoms with Crippen LogP contribution in [-0.2, 0) is 16.1 Å². The first-order valence-corrected chi connectivity index (χ1v) is 15.6. The van der Waals surface area contributed by atoms with E-state index in [1.54, 1.807) is 0 Å². The Bertz CT molecular complexity index is 1690. The molecule has 0 bridgehead atoms. The van der Waals surface area contributed by atoms with Crippen molar-refractivity contribution in [3.8, 4) is 11.5 Å². The molecule has 1 aliphatic heterocycles. The van der Waals surface area contributed by atoms with Crippen molar-refractivity contribution in [2.45, 2.75) is 25.8 Å². The van der Waals surface area contributed by atoms with Crippen LogP contribution in [0.5, 0.6) is 11.5 Å². The Hall–Kier alpha value is -4.10. The fraction of sp³-hybridized carbons (Fsp3) is 0.270. The molecule has 0 radical (unpaired) electrons. The Balaban J connectivity index is 1.30. The summed E-state index contributed by atoms with van der Waals surface area (Å²) in [6, 6.07) is 32.5. The van der Waals surface area contributed by atoms with Gasteiger partial charge < -0.3 is 19.4 Å². The molecule has 6 nitrogen and oxygen atoms in total. The fourth-order valence-corrected chi connectivity index (χ4v) is 5.98. The summed E-state index contributed by atoms with van der Waals surface area (Å²) >= 11 is 6.08. The van der Waals surface area contributed by atoms with Crippen molar-refractivity contribution in [3.63, 3.8) is 0 Å². The molecule has 6 rings (SSSR count). The van der Waals surface area contributed by atoms with Crippen LogP contribution in [0.15, 0.2) is 103 Å². The van der Waals surface area contributed by atoms with E-state index >= 15 is 0 Å². The summed E-state index contributed by atoms with van der Waals surface area (Å²) in [6.07, 6.45) is 2.55. The average molecular weight is 608 g/mol. The van der Waals surface area contributed by atoms with Gasteiger partial charge in [0.25, 0.3) is 0 Å². The van der Waals surface area contributed by atoms with E-state index in [-0.39, 0.29) is 11.8 Å². The summed E-state index contributed by atoms with van der Waals surface area (Å²) in [4.78, 5) is 15.8. The highest BCUT2D eigenvalue weighted by molar-refractivity contribution is 6.30. The normalized spacial score (nSPS) is 14.4. The maximum absolute atomic E-state index is 13.5. The minimum Gasteiger partial charge on any atom is -0.457 e. The van der Waals surface area contributed by atoms with Crippen molar-refractivity contribution in [1.82, 2.24) is 14.8 Å². The van der Waals surface area contributed by atoms with Crippen molar-refractivity contribution in [2.75, 3.05) is 39.4 Å². The first-order valence-electron chi connectivity index (χ1n) is 15.3. The number of ether oxygens (including phenoxy) is 2. The molecule has 2 heterocycles. The van der Waals surface area contributed by atoms with Crippen LogP contribution >= 0.6 is 11.6 Å². The van der Waals surface area contributed by atoms with Crippen LogP contribution in [0, 0.1) is 6.92 Å². The minimum atomic E-state index is -0.170. The number of aryl methyl sites for hydroxylation is 1. The third kappa shape index (κ3) is 7.51. The van der Waals surface area contributed by atoms with Crippen LogP contribution in [0.4, 0.5) is 0 Å². The molecule has 1 aromatic heterocycles. The number of morpholine rings is 1. The first-order chi connectivity index (χ1) is 21.5. The monoisotopic (exact) mass is 607 g/mol. The molecule has 1 N–H and O–H groups in total. The van der Waals surface area contributed by atoms with Crippen LogP contribution < -0.4 is 10.1 Å². The van der Waals surface area contributed by atoms with E-state index in [0.717, 1.165) is 61.4 Å². The quantitative estimate of drug-likeness (QED) is 0.170. The van der Waals surface area contributed by atoms with Crippen molar-refractivity contribution in [2.24, 2.45) is 0 Å². The number of halogens is 1. The van der Waals surface area contributed by atoms with Gasteiger partial charge in [0.05, 0.1) is 13.2 Å². The molecule has 0 spiro atoms. The number of fused-ring (bicyclic) bond motifs is 1. The lowest BCUT2D eigenvalue weighted by molar-refractivity contribution is -0.121. The third-order valence-electron chi connectivity index (χ3n) is 8.22. The van der Waals surface area contributed by atoms with Gasteiger partial charge in [0, 0.05) is 67.2 Å². The minimum absolute atomic E-state index is 0.0302. The Morgan fingerprint density at radius 3 is 2.50 bits per heavy atom. The predicted molar refractivity (Wildman–Crippen MR) is 177 cm³/mol. The number of hydrogen-bond acceptors (Lipinski definition) is 4. The molecule has 44 heavy (non-hydrogen) atoms. The molecule has 0 saturated carbocycles. The van der Waals surface area contributed by atoms with Gasteiger partial charge in [0.1, 0.15) is 11.5 Å². The molecular formula is C37H38ClN3O3. The van der Waals surface area contributed by atoms with Gasteiger partial charge in [-0.1, -0.05) is 71.8 Å². The lowest BCUT2D eigenvalue weighted by Gasteiger charge is -2.26. The number of hydrogen-bond donors (Lipinski definition) is 1. The van der Waals surface area contributed by atoms with Crippen LogP contribution in [0.1, 0.15) is 34.6 Å². The summed E-state index contributed by atoms with van der Waals surface area (Å²) in [6.45, 7) is 7.58. The molecule has 1 amide bonds. The zero-order valence-electron chi connectivity index (χ0n) is 25.0. The van der Waals surface area contributed by atoms with E-state index in [9.17, 15) is 4.79 Å². The van der Waals surface area contributed by atoms with E-state index in [1.165, 1.54) is 11.1 Å². The van der Waals surface area contributed by atoms with E-state index in [4.69, 9.17) is 21.1 Å². The van der Waals surface area contributed by atoms with E-state index in [2.05, 4.69) is 82.5 Å². The number of carbonyl (C=O) groups excluding carboxylic acids is 1. The van der Waals surface area contributed by atoms with Gasteiger partial charge in [-0.3, -0.25) is 9.69 Å². The van der Waals surface area contributed by atoms with Gasteiger partial charge in [0.2, 0.25) is 5.91 Å². The maximum atomic E-state index is 13.5. The maximum Gasteiger partial charge on any atom is 0.220 e. The molecule has 7 heteroatoms. The van der Waals surface area contributed by atoms with Gasteiger partial charge >= 0.3 is 0 Å². The number of nitrogens with zero attached hydrogens (tertiary/aromatic N) is 2. The standard InChI is InChI=1S/C37H38ClN3O3/c1-27-9-11-28(12-10-27)25-41-26-35(33-7-2-3-8-36(33)41)34(24-37(42)39-17-18-40-19-21-43-22-20-40)29-5-4-6-32(23-29)44-31-15-13-30(38)14-16-31/h2-16,23,26,34H,17-22,24-25H2,1H3,(H,39,42)/t34-/m1/s1. The zero-order chi connectivity index (χ0) is 30.3. The van der Waals surface area contributed by atoms with Crippen LogP contribution in [-0.4, -0.2) is 54.8 Å². The Kier molecular flexibility index (Phi) is 9.61. The number of para-hydroxylation sites is 1. The van der Waals surface area contributed by atoms with Gasteiger partial charge in [0.15, 0.2) is 0 Å². The lowest BCUT2D eigenvalue weighted by Crippen LogP contribution is -2.41. The van der Waals surface area contributed by atoms with Gasteiger partial charge in [-0.15, -0.1) is 0 Å². The van der Waals surface area contributed by atoms with Gasteiger partial charge in [-0.25, -0.2) is 0 Å². The highest BCUT2D eigenvalue weighted by Gasteiger charge is 2.24. The van der Waals surface area contributed by atoms with Crippen molar-refractivity contribution < 1.29 is 14.3 Å². The SMILES string of the molecule is Cc1ccc(Cn2cc([C@H](CC(=O)NCCN3CCOCC3)c3cccc(Oc4ccc(Cl)cc4)c3)c3ccccc32)cc1. The molecule has 1 atom stereocenters. The number of carbonyl (C=O) groups is 1. The van der Waals surface area contributed by atoms with Crippen LogP contribution in [0.2, 0.25) is 5.02 Å². The van der Waals surface area contributed by atoms with Crippen molar-refractivity contribution >= 4 is 28.4 Å². The highest BCUT2D eigenvalue weighted by atomic mass is 35.5. The smallest absolute Gasteiger partial charge is 0.220 e. The van der Waals surface area contributed by atoms with Gasteiger partial charge in [-0.2, -0.15) is 0 Å². The molecule has 226 valence electrons. The Morgan fingerprint density at radius 1 is 0.932 bits per heavy atom. The number of rotatable bonds is 11. The topological polar surface area (TPSA) is 55.7 Å². The number of aromatic nitrogens is 1. The highest BCUT2D eigenvalue weighted by Crippen LogP contribution is 2.37. The third-order valence-corrected chi connectivity index (χ3v) is 8.47. The first kappa shape index (κ1) is 29.9. The molecule has 1 saturated heterocycles. The summed E-state index contributed by atoms with van der Waals surface area (Å²) in [5.74, 6) is 1.28. The van der Waals surface area contributed by atoms with Crippen molar-refractivity contribution in [3.05, 3.63) is 131 Å². The average Bonchev–Trinajstić information content (AvgIpc) is 3.40. The molecule has 5 aromatic rings. The van der Waals surface area contributed by atoms with Crippen LogP contribution in [0.3, 0.4) is 0 Å². The second-order valence-electron chi connectivity index (χ2n) is 11.4. The lowest BCUT2D eigenvalue weighted by atomic mass is 9.88. The second-order valence-corrected chi connectivity index (χ2v) is 11.8. The fourth-order valence-electron chi connectivity index (χ4n) is 5.85. The second kappa shape index (κ2) is 14.1. The van der Waals surface area contributed by atoms with E-state index in [0.29, 0.717) is 29.5 Å². The summed E-state index contributed by atoms with van der Waals surface area (Å²) < 4.78 is 14.0. The molecule has 1 aliphatic rings. The van der Waals surface area contributed by atoms with E-state index in [1.807, 2.05) is 42.5 Å². The molecule has 0 aliphatic carbocycles.